The van der Waals surface area contributed by atoms with E-state index in [0.29, 0.717) is 18.8 Å². The minimum Gasteiger partial charge on any atom is -0.497 e. The molecule has 0 bridgehead atoms. The van der Waals surface area contributed by atoms with Crippen molar-refractivity contribution in [3.8, 4) is 5.75 Å². The zero-order valence-electron chi connectivity index (χ0n) is 12.4. The zero-order chi connectivity index (χ0) is 15.5. The lowest BCUT2D eigenvalue weighted by atomic mass is 10.2. The molecular weight excluding hydrogens is 300 g/mol. The molecule has 2 heterocycles. The predicted octanol–water partition coefficient (Wildman–Crippen LogP) is 1.98. The Morgan fingerprint density at radius 3 is 2.73 bits per heavy atom. The average molecular weight is 316 g/mol. The molecule has 0 radical (unpaired) electrons. The van der Waals surface area contributed by atoms with Crippen LogP contribution >= 0.6 is 11.3 Å². The van der Waals surface area contributed by atoms with Crippen molar-refractivity contribution in [2.45, 2.75) is 19.9 Å². The number of aryl methyl sites for hydroxylation is 1. The second-order valence-electron chi connectivity index (χ2n) is 4.94. The number of hydrogen-bond donors (Lipinski definition) is 1. The summed E-state index contributed by atoms with van der Waals surface area (Å²) in [5, 5.41) is 9.58. The van der Waals surface area contributed by atoms with Crippen LogP contribution in [0.4, 0.5) is 0 Å². The highest BCUT2D eigenvalue weighted by Crippen LogP contribution is 2.15. The van der Waals surface area contributed by atoms with Crippen LogP contribution in [0, 0.1) is 6.92 Å². The second-order valence-corrected chi connectivity index (χ2v) is 5.88. The number of ether oxygens (including phenoxy) is 1. The van der Waals surface area contributed by atoms with Crippen LogP contribution in [-0.2, 0) is 13.0 Å². The molecule has 2 aromatic heterocycles. The molecule has 7 heteroatoms. The van der Waals surface area contributed by atoms with Gasteiger partial charge in [0.1, 0.15) is 16.6 Å². The van der Waals surface area contributed by atoms with E-state index in [-0.39, 0.29) is 5.69 Å². The highest BCUT2D eigenvalue weighted by atomic mass is 32.1. The van der Waals surface area contributed by atoms with Crippen molar-refractivity contribution in [2.75, 3.05) is 7.11 Å². The number of aromatic nitrogens is 4. The summed E-state index contributed by atoms with van der Waals surface area (Å²) in [7, 11) is 1.63. The fraction of sp³-hybridized carbons (Fsp3) is 0.267. The summed E-state index contributed by atoms with van der Waals surface area (Å²) in [6.45, 7) is 2.42. The first-order chi connectivity index (χ1) is 10.7. The van der Waals surface area contributed by atoms with Crippen LogP contribution in [0.1, 0.15) is 22.1 Å². The molecule has 22 heavy (non-hydrogen) atoms. The van der Waals surface area contributed by atoms with Crippen LogP contribution in [-0.4, -0.2) is 26.9 Å². The van der Waals surface area contributed by atoms with Crippen molar-refractivity contribution in [3.63, 3.8) is 0 Å². The molecule has 0 atom stereocenters. The van der Waals surface area contributed by atoms with Gasteiger partial charge in [0, 0.05) is 11.1 Å². The van der Waals surface area contributed by atoms with Gasteiger partial charge < -0.3 is 4.74 Å². The summed E-state index contributed by atoms with van der Waals surface area (Å²) in [6.07, 6.45) is 0.549. The van der Waals surface area contributed by atoms with Gasteiger partial charge in [-0.15, -0.1) is 11.3 Å². The molecule has 0 saturated carbocycles. The van der Waals surface area contributed by atoms with Gasteiger partial charge >= 0.3 is 5.69 Å². The van der Waals surface area contributed by atoms with Crippen LogP contribution < -0.4 is 10.4 Å². The molecule has 1 aromatic carbocycles. The number of thiazole rings is 1. The summed E-state index contributed by atoms with van der Waals surface area (Å²) in [6, 6.07) is 7.64. The number of nitrogens with one attached hydrogen (secondary N) is 1. The number of rotatable bonds is 5. The number of nitrogens with zero attached hydrogens (tertiary/aromatic N) is 3. The van der Waals surface area contributed by atoms with E-state index < -0.39 is 0 Å². The molecule has 0 aliphatic heterocycles. The molecule has 0 saturated heterocycles. The largest absolute Gasteiger partial charge is 0.497 e. The van der Waals surface area contributed by atoms with Gasteiger partial charge in [-0.05, 0) is 24.6 Å². The molecule has 0 aliphatic rings. The highest BCUT2D eigenvalue weighted by Gasteiger charge is 2.11. The third kappa shape index (κ3) is 3.09. The van der Waals surface area contributed by atoms with Gasteiger partial charge in [-0.2, -0.15) is 5.10 Å². The monoisotopic (exact) mass is 316 g/mol. The molecule has 1 N–H and O–H groups in total. The van der Waals surface area contributed by atoms with Gasteiger partial charge in [0.05, 0.1) is 20.1 Å². The molecular formula is C15H16N4O2S. The maximum atomic E-state index is 12.0. The van der Waals surface area contributed by atoms with Crippen LogP contribution in [0.2, 0.25) is 0 Å². The highest BCUT2D eigenvalue weighted by molar-refractivity contribution is 7.09. The van der Waals surface area contributed by atoms with Crippen molar-refractivity contribution >= 4 is 11.3 Å². The molecule has 0 unspecified atom stereocenters. The molecule has 3 rings (SSSR count). The maximum Gasteiger partial charge on any atom is 0.343 e. The number of H-pyrrole nitrogens is 1. The lowest BCUT2D eigenvalue weighted by molar-refractivity contribution is 0.414. The first-order valence-electron chi connectivity index (χ1n) is 6.83. The third-order valence-electron chi connectivity index (χ3n) is 3.31. The molecule has 6 nitrogen and oxygen atoms in total. The number of hydrogen-bond acceptors (Lipinski definition) is 5. The van der Waals surface area contributed by atoms with Crippen molar-refractivity contribution in [3.05, 3.63) is 62.2 Å². The molecule has 0 aliphatic carbocycles. The van der Waals surface area contributed by atoms with Gasteiger partial charge in [0.25, 0.3) is 0 Å². The summed E-state index contributed by atoms with van der Waals surface area (Å²) < 4.78 is 6.78. The van der Waals surface area contributed by atoms with E-state index in [4.69, 9.17) is 4.74 Å². The van der Waals surface area contributed by atoms with E-state index >= 15 is 0 Å². The predicted molar refractivity (Wildman–Crippen MR) is 84.6 cm³/mol. The Morgan fingerprint density at radius 1 is 1.32 bits per heavy atom. The van der Waals surface area contributed by atoms with E-state index in [0.717, 1.165) is 22.0 Å². The first kappa shape index (κ1) is 14.5. The van der Waals surface area contributed by atoms with E-state index in [1.807, 2.05) is 36.6 Å². The van der Waals surface area contributed by atoms with E-state index in [1.54, 1.807) is 23.0 Å². The topological polar surface area (TPSA) is 72.8 Å². The molecule has 0 spiro atoms. The van der Waals surface area contributed by atoms with Gasteiger partial charge in [0.2, 0.25) is 0 Å². The van der Waals surface area contributed by atoms with Crippen molar-refractivity contribution in [1.29, 1.82) is 0 Å². The summed E-state index contributed by atoms with van der Waals surface area (Å²) in [4.78, 5) is 16.4. The van der Waals surface area contributed by atoms with Crippen LogP contribution in [0.5, 0.6) is 5.75 Å². The molecule has 3 aromatic rings. The Bertz CT molecular complexity index is 817. The summed E-state index contributed by atoms with van der Waals surface area (Å²) in [5.41, 5.74) is 1.79. The Morgan fingerprint density at radius 2 is 2.09 bits per heavy atom. The van der Waals surface area contributed by atoms with Crippen LogP contribution in [0.3, 0.4) is 0 Å². The van der Waals surface area contributed by atoms with Gasteiger partial charge in [-0.3, -0.25) is 4.57 Å². The molecule has 0 amide bonds. The summed E-state index contributed by atoms with van der Waals surface area (Å²) >= 11 is 1.58. The number of methoxy groups -OCH3 is 1. The number of benzene rings is 1. The SMILES string of the molecule is COc1ccc(Cn2c(Cc3nc(C)cs3)n[nH]c2=O)cc1. The van der Waals surface area contributed by atoms with Gasteiger partial charge in [-0.25, -0.2) is 14.9 Å². The minimum atomic E-state index is -0.209. The Kier molecular flexibility index (Phi) is 4.06. The van der Waals surface area contributed by atoms with Crippen LogP contribution in [0.25, 0.3) is 0 Å². The second kappa shape index (κ2) is 6.15. The van der Waals surface area contributed by atoms with Crippen molar-refractivity contribution < 1.29 is 4.74 Å². The fourth-order valence-electron chi connectivity index (χ4n) is 2.18. The first-order valence-corrected chi connectivity index (χ1v) is 7.71. The zero-order valence-corrected chi connectivity index (χ0v) is 13.2. The Balaban J connectivity index is 1.83. The van der Waals surface area contributed by atoms with Crippen LogP contribution in [0.15, 0.2) is 34.4 Å². The standard InChI is InChI=1S/C15H16N4O2S/c1-10-9-22-14(16-10)7-13-17-18-15(20)19(13)8-11-3-5-12(21-2)6-4-11/h3-6,9H,7-8H2,1-2H3,(H,18,20). The summed E-state index contributed by atoms with van der Waals surface area (Å²) in [5.74, 6) is 1.48. The van der Waals surface area contributed by atoms with E-state index in [2.05, 4.69) is 15.2 Å². The maximum absolute atomic E-state index is 12.0. The van der Waals surface area contributed by atoms with Crippen molar-refractivity contribution in [1.82, 2.24) is 19.7 Å². The molecule has 114 valence electrons. The normalized spacial score (nSPS) is 10.8. The fourth-order valence-corrected chi connectivity index (χ4v) is 2.95. The quantitative estimate of drug-likeness (QED) is 0.781. The van der Waals surface area contributed by atoms with Gasteiger partial charge in [0.15, 0.2) is 0 Å². The average Bonchev–Trinajstić information content (AvgIpc) is 3.08. The lowest BCUT2D eigenvalue weighted by Crippen LogP contribution is -2.19. The Hall–Kier alpha value is -2.41. The number of aromatic amines is 1. The molecule has 0 fully saturated rings. The van der Waals surface area contributed by atoms with Gasteiger partial charge in [-0.1, -0.05) is 12.1 Å². The third-order valence-corrected chi connectivity index (χ3v) is 4.28. The van der Waals surface area contributed by atoms with Crippen molar-refractivity contribution in [2.24, 2.45) is 0 Å². The Labute approximate surface area is 131 Å². The minimum absolute atomic E-state index is 0.209. The van der Waals surface area contributed by atoms with E-state index in [9.17, 15) is 4.79 Å². The van der Waals surface area contributed by atoms with E-state index in [1.165, 1.54) is 0 Å². The smallest absolute Gasteiger partial charge is 0.343 e. The lowest BCUT2D eigenvalue weighted by Gasteiger charge is -2.06.